The number of carbonyl (C=O) groups is 2. The topological polar surface area (TPSA) is 98.4 Å². The normalized spacial score (nSPS) is 17.1. The van der Waals surface area contributed by atoms with Crippen LogP contribution in [0.25, 0.3) is 5.76 Å². The molecule has 1 saturated heterocycles. The molecule has 1 aromatic heterocycles. The average molecular weight is 463 g/mol. The zero-order chi connectivity index (χ0) is 24.2. The Labute approximate surface area is 197 Å². The zero-order valence-corrected chi connectivity index (χ0v) is 19.1. The third-order valence-corrected chi connectivity index (χ3v) is 5.61. The summed E-state index contributed by atoms with van der Waals surface area (Å²) >= 11 is 0. The average Bonchev–Trinajstić information content (AvgIpc) is 3.46. The maximum Gasteiger partial charge on any atom is 0.296 e. The van der Waals surface area contributed by atoms with Gasteiger partial charge in [-0.2, -0.15) is 0 Å². The van der Waals surface area contributed by atoms with E-state index in [1.165, 1.54) is 25.4 Å². The fraction of sp³-hybridized carbons (Fsp3) is 0.231. The van der Waals surface area contributed by atoms with Crippen molar-refractivity contribution in [3.05, 3.63) is 83.3 Å². The van der Waals surface area contributed by atoms with E-state index in [-0.39, 0.29) is 17.9 Å². The summed E-state index contributed by atoms with van der Waals surface area (Å²) < 4.78 is 21.6. The number of aliphatic hydroxyl groups excluding tert-OH is 1. The second kappa shape index (κ2) is 9.74. The van der Waals surface area contributed by atoms with Crippen LogP contribution >= 0.6 is 0 Å². The fourth-order valence-electron chi connectivity index (χ4n) is 4.01. The van der Waals surface area contributed by atoms with Crippen molar-refractivity contribution in [3.8, 4) is 17.2 Å². The predicted molar refractivity (Wildman–Crippen MR) is 124 cm³/mol. The number of rotatable bonds is 8. The van der Waals surface area contributed by atoms with Gasteiger partial charge >= 0.3 is 0 Å². The van der Waals surface area contributed by atoms with Crippen LogP contribution in [0.4, 0.5) is 0 Å². The number of aliphatic hydroxyl groups is 1. The predicted octanol–water partition coefficient (Wildman–Crippen LogP) is 4.32. The third kappa shape index (κ3) is 4.22. The van der Waals surface area contributed by atoms with Crippen molar-refractivity contribution < 1.29 is 33.3 Å². The number of ether oxygens (including phenoxy) is 3. The highest BCUT2D eigenvalue weighted by Crippen LogP contribution is 2.42. The number of furan rings is 1. The van der Waals surface area contributed by atoms with Crippen molar-refractivity contribution in [2.75, 3.05) is 20.8 Å². The van der Waals surface area contributed by atoms with Crippen molar-refractivity contribution in [2.45, 2.75) is 19.5 Å². The Hall–Kier alpha value is -4.20. The lowest BCUT2D eigenvalue weighted by molar-refractivity contribution is -0.140. The molecular weight excluding hydrogens is 438 g/mol. The van der Waals surface area contributed by atoms with Gasteiger partial charge in [-0.15, -0.1) is 0 Å². The molecule has 1 aliphatic rings. The summed E-state index contributed by atoms with van der Waals surface area (Å²) in [7, 11) is 3.02. The lowest BCUT2D eigenvalue weighted by atomic mass is 9.95. The molecule has 0 radical (unpaired) electrons. The number of ketones is 1. The van der Waals surface area contributed by atoms with Crippen LogP contribution < -0.4 is 14.2 Å². The third-order valence-electron chi connectivity index (χ3n) is 5.61. The molecule has 0 spiro atoms. The second-order valence-electron chi connectivity index (χ2n) is 7.58. The Balaban J connectivity index is 1.85. The van der Waals surface area contributed by atoms with Gasteiger partial charge < -0.3 is 28.6 Å². The van der Waals surface area contributed by atoms with Gasteiger partial charge in [0.15, 0.2) is 11.5 Å². The molecule has 8 heteroatoms. The first-order valence-electron chi connectivity index (χ1n) is 10.7. The zero-order valence-electron chi connectivity index (χ0n) is 19.1. The number of likely N-dealkylation sites (tertiary alicyclic amines) is 1. The van der Waals surface area contributed by atoms with Crippen LogP contribution in [-0.2, 0) is 16.1 Å². The number of hydrogen-bond acceptors (Lipinski definition) is 7. The molecule has 0 aliphatic carbocycles. The van der Waals surface area contributed by atoms with Gasteiger partial charge in [0.2, 0.25) is 0 Å². The number of amides is 1. The monoisotopic (exact) mass is 463 g/mol. The number of Topliss-reactive ketones (excluding diaryl/α,β-unsaturated/α-hetero) is 1. The van der Waals surface area contributed by atoms with Crippen LogP contribution in [0.3, 0.4) is 0 Å². The Bertz CT molecular complexity index is 1210. The van der Waals surface area contributed by atoms with E-state index in [1.54, 1.807) is 54.6 Å². The van der Waals surface area contributed by atoms with Gasteiger partial charge in [0, 0.05) is 5.56 Å². The molecule has 2 heterocycles. The Kier molecular flexibility index (Phi) is 6.58. The molecule has 1 aliphatic heterocycles. The minimum Gasteiger partial charge on any atom is -0.507 e. The Morgan fingerprint density at radius 1 is 1.03 bits per heavy atom. The van der Waals surface area contributed by atoms with Crippen molar-refractivity contribution in [3.63, 3.8) is 0 Å². The molecule has 3 aromatic rings. The minimum atomic E-state index is -0.864. The number of nitrogens with zero attached hydrogens (tertiary/aromatic N) is 1. The van der Waals surface area contributed by atoms with E-state index >= 15 is 0 Å². The largest absolute Gasteiger partial charge is 0.507 e. The smallest absolute Gasteiger partial charge is 0.296 e. The van der Waals surface area contributed by atoms with Gasteiger partial charge in [-0.3, -0.25) is 9.59 Å². The summed E-state index contributed by atoms with van der Waals surface area (Å²) in [6.45, 7) is 2.43. The van der Waals surface area contributed by atoms with Crippen molar-refractivity contribution in [1.82, 2.24) is 4.90 Å². The number of methoxy groups -OCH3 is 2. The highest BCUT2D eigenvalue weighted by molar-refractivity contribution is 6.46. The van der Waals surface area contributed by atoms with Crippen LogP contribution in [0.1, 0.15) is 29.9 Å². The van der Waals surface area contributed by atoms with Gasteiger partial charge in [0.25, 0.3) is 11.7 Å². The highest BCUT2D eigenvalue weighted by atomic mass is 16.5. The first-order chi connectivity index (χ1) is 16.5. The van der Waals surface area contributed by atoms with Crippen molar-refractivity contribution in [1.29, 1.82) is 0 Å². The molecule has 0 saturated carbocycles. The van der Waals surface area contributed by atoms with Crippen LogP contribution in [0.5, 0.6) is 17.2 Å². The maximum atomic E-state index is 13.2. The van der Waals surface area contributed by atoms with E-state index in [9.17, 15) is 14.7 Å². The van der Waals surface area contributed by atoms with Gasteiger partial charge in [-0.1, -0.05) is 6.07 Å². The molecule has 176 valence electrons. The van der Waals surface area contributed by atoms with Crippen molar-refractivity contribution in [2.24, 2.45) is 0 Å². The molecule has 8 nitrogen and oxygen atoms in total. The van der Waals surface area contributed by atoms with Gasteiger partial charge in [0.1, 0.15) is 17.3 Å². The first-order valence-corrected chi connectivity index (χ1v) is 10.7. The standard InChI is InChI=1S/C26H25NO7/c1-4-33-18-10-7-16(8-11-18)24(28)22-23(17-9-12-20(31-2)21(14-17)32-3)27(26(30)25(22)29)15-19-6-5-13-34-19/h5-14,23,28H,4,15H2,1-3H3. The molecule has 2 aromatic carbocycles. The molecule has 1 fully saturated rings. The molecule has 0 bridgehead atoms. The lowest BCUT2D eigenvalue weighted by Gasteiger charge is -2.25. The summed E-state index contributed by atoms with van der Waals surface area (Å²) in [5.74, 6) is 0.289. The molecule has 1 unspecified atom stereocenters. The van der Waals surface area contributed by atoms with Crippen molar-refractivity contribution >= 4 is 17.4 Å². The number of carbonyl (C=O) groups excluding carboxylic acids is 2. The molecule has 1 amide bonds. The van der Waals surface area contributed by atoms with Crippen LogP contribution in [-0.4, -0.2) is 42.5 Å². The van der Waals surface area contributed by atoms with E-state index in [1.807, 2.05) is 6.92 Å². The van der Waals surface area contributed by atoms with E-state index in [4.69, 9.17) is 18.6 Å². The first kappa shape index (κ1) is 23.0. The summed E-state index contributed by atoms with van der Waals surface area (Å²) in [6, 6.07) is 14.4. The summed E-state index contributed by atoms with van der Waals surface area (Å²) in [4.78, 5) is 27.6. The van der Waals surface area contributed by atoms with Crippen LogP contribution in [0, 0.1) is 0 Å². The van der Waals surface area contributed by atoms with Crippen LogP contribution in [0.15, 0.2) is 70.9 Å². The molecule has 4 rings (SSSR count). The Morgan fingerprint density at radius 2 is 1.76 bits per heavy atom. The minimum absolute atomic E-state index is 0.0204. The fourth-order valence-corrected chi connectivity index (χ4v) is 4.01. The highest BCUT2D eigenvalue weighted by Gasteiger charge is 2.46. The van der Waals surface area contributed by atoms with Gasteiger partial charge in [0.05, 0.1) is 45.2 Å². The number of hydrogen-bond donors (Lipinski definition) is 1. The van der Waals surface area contributed by atoms with E-state index in [2.05, 4.69) is 0 Å². The summed E-state index contributed by atoms with van der Waals surface area (Å²) in [5, 5.41) is 11.2. The summed E-state index contributed by atoms with van der Waals surface area (Å²) in [5.41, 5.74) is 0.953. The SMILES string of the molecule is CCOc1ccc(C(O)=C2C(=O)C(=O)N(Cc3ccco3)C2c2ccc(OC)c(OC)c2)cc1. The molecular formula is C26H25NO7. The van der Waals surface area contributed by atoms with E-state index in [0.29, 0.717) is 40.7 Å². The lowest BCUT2D eigenvalue weighted by Crippen LogP contribution is -2.29. The van der Waals surface area contributed by atoms with Crippen LogP contribution in [0.2, 0.25) is 0 Å². The van der Waals surface area contributed by atoms with E-state index < -0.39 is 17.7 Å². The second-order valence-corrected chi connectivity index (χ2v) is 7.58. The Morgan fingerprint density at radius 3 is 2.38 bits per heavy atom. The molecule has 1 N–H and O–H groups in total. The quantitative estimate of drug-likeness (QED) is 0.302. The number of benzene rings is 2. The molecule has 1 atom stereocenters. The molecule has 34 heavy (non-hydrogen) atoms. The summed E-state index contributed by atoms with van der Waals surface area (Å²) in [6.07, 6.45) is 1.50. The maximum absolute atomic E-state index is 13.2. The van der Waals surface area contributed by atoms with Gasteiger partial charge in [-0.05, 0) is 61.0 Å². The van der Waals surface area contributed by atoms with E-state index in [0.717, 1.165) is 0 Å². The van der Waals surface area contributed by atoms with Gasteiger partial charge in [-0.25, -0.2) is 0 Å².